The topological polar surface area (TPSA) is 53.2 Å². The zero-order valence-electron chi connectivity index (χ0n) is 20.9. The van der Waals surface area contributed by atoms with Crippen LogP contribution in [0.4, 0.5) is 15.8 Å². The van der Waals surface area contributed by atoms with Crippen LogP contribution < -0.4 is 5.01 Å². The lowest BCUT2D eigenvalue weighted by molar-refractivity contribution is 0.719. The van der Waals surface area contributed by atoms with Crippen molar-refractivity contribution in [3.63, 3.8) is 0 Å². The second-order valence-corrected chi connectivity index (χ2v) is 11.2. The third-order valence-electron chi connectivity index (χ3n) is 6.72. The van der Waals surface area contributed by atoms with E-state index < -0.39 is 0 Å². The van der Waals surface area contributed by atoms with E-state index in [0.29, 0.717) is 0 Å². The van der Waals surface area contributed by atoms with Gasteiger partial charge in [0, 0.05) is 16.9 Å². The first-order valence-corrected chi connectivity index (χ1v) is 14.4. The second kappa shape index (κ2) is 10.4. The molecule has 2 aromatic heterocycles. The Balaban J connectivity index is 1.32. The van der Waals surface area contributed by atoms with Crippen molar-refractivity contribution in [3.05, 3.63) is 131 Å². The van der Waals surface area contributed by atoms with Crippen LogP contribution in [0.3, 0.4) is 0 Å². The maximum atomic E-state index is 5.17. The summed E-state index contributed by atoms with van der Waals surface area (Å²) in [6, 6.07) is 39.3. The van der Waals surface area contributed by atoms with E-state index >= 15 is 0 Å². The van der Waals surface area contributed by atoms with E-state index in [2.05, 4.69) is 87.3 Å². The molecule has 0 N–H and O–H groups in total. The van der Waals surface area contributed by atoms with Gasteiger partial charge in [0.05, 0.1) is 17.4 Å². The summed E-state index contributed by atoms with van der Waals surface area (Å²) in [7, 11) is 0. The molecule has 0 saturated heterocycles. The predicted octanol–water partition coefficient (Wildman–Crippen LogP) is 9.80. The van der Waals surface area contributed by atoms with Crippen LogP contribution in [0.5, 0.6) is 0 Å². The molecule has 5 nitrogen and oxygen atoms in total. The fourth-order valence-electron chi connectivity index (χ4n) is 4.78. The number of rotatable bonds is 6. The van der Waals surface area contributed by atoms with Crippen molar-refractivity contribution in [2.45, 2.75) is 12.5 Å². The molecule has 1 unspecified atom stereocenters. The van der Waals surface area contributed by atoms with E-state index in [-0.39, 0.29) is 6.04 Å². The summed E-state index contributed by atoms with van der Waals surface area (Å²) in [5.41, 5.74) is 4.83. The van der Waals surface area contributed by atoms with Crippen LogP contribution in [0, 0.1) is 0 Å². The quantitative estimate of drug-likeness (QED) is 0.197. The van der Waals surface area contributed by atoms with Gasteiger partial charge in [-0.1, -0.05) is 102 Å². The van der Waals surface area contributed by atoms with Crippen molar-refractivity contribution in [2.24, 2.45) is 15.3 Å². The number of thiophene rings is 1. The van der Waals surface area contributed by atoms with Crippen molar-refractivity contribution < 1.29 is 0 Å². The molecule has 1 atom stereocenters. The maximum Gasteiger partial charge on any atom is 0.209 e. The molecule has 7 rings (SSSR count). The van der Waals surface area contributed by atoms with E-state index in [9.17, 15) is 0 Å². The molecule has 188 valence electrons. The Morgan fingerprint density at radius 3 is 2.28 bits per heavy atom. The standard InChI is InChI=1S/C32H23N5S2/c1-3-11-23(12-4-1)30-31(35-34-26-14-5-2-6-15-26)39-32(33-30)37-28(29-16-9-19-38-29)21-27(36-37)25-18-17-22-10-7-8-13-24(22)20-25/h1-20,28H,21H2. The van der Waals surface area contributed by atoms with Crippen LogP contribution in [0.25, 0.3) is 22.0 Å². The van der Waals surface area contributed by atoms with Gasteiger partial charge in [0.15, 0.2) is 5.00 Å². The van der Waals surface area contributed by atoms with E-state index in [4.69, 9.17) is 10.1 Å². The smallest absolute Gasteiger partial charge is 0.209 e. The number of azo groups is 1. The lowest BCUT2D eigenvalue weighted by atomic mass is 10.00. The van der Waals surface area contributed by atoms with Gasteiger partial charge in [0.25, 0.3) is 0 Å². The molecule has 0 amide bonds. The molecule has 0 spiro atoms. The average Bonchev–Trinajstić information content (AvgIpc) is 3.77. The van der Waals surface area contributed by atoms with E-state index in [0.717, 1.165) is 44.8 Å². The van der Waals surface area contributed by atoms with Crippen LogP contribution in [0.1, 0.15) is 22.9 Å². The number of thiazole rings is 1. The molecular formula is C32H23N5S2. The van der Waals surface area contributed by atoms with Crippen LogP contribution in [-0.4, -0.2) is 10.7 Å². The maximum absolute atomic E-state index is 5.17. The van der Waals surface area contributed by atoms with Gasteiger partial charge in [0.2, 0.25) is 5.13 Å². The van der Waals surface area contributed by atoms with Gasteiger partial charge >= 0.3 is 0 Å². The molecule has 0 bridgehead atoms. The normalized spacial score (nSPS) is 15.3. The van der Waals surface area contributed by atoms with Crippen molar-refractivity contribution >= 4 is 55.0 Å². The molecule has 3 heterocycles. The van der Waals surface area contributed by atoms with Gasteiger partial charge in [0.1, 0.15) is 5.69 Å². The Labute approximate surface area is 234 Å². The predicted molar refractivity (Wildman–Crippen MR) is 163 cm³/mol. The minimum absolute atomic E-state index is 0.0696. The SMILES string of the molecule is c1ccc(N=Nc2sc(N3N=C(c4ccc5ccccc5c4)CC3c3cccs3)nc2-c2ccccc2)cc1. The first kappa shape index (κ1) is 23.6. The third-order valence-corrected chi connectivity index (χ3v) is 8.62. The van der Waals surface area contributed by atoms with E-state index in [1.54, 1.807) is 11.3 Å². The third kappa shape index (κ3) is 4.78. The van der Waals surface area contributed by atoms with Gasteiger partial charge in [-0.05, 0) is 46.0 Å². The largest absolute Gasteiger partial charge is 0.230 e. The molecule has 1 aliphatic rings. The van der Waals surface area contributed by atoms with Crippen LogP contribution in [0.2, 0.25) is 0 Å². The van der Waals surface area contributed by atoms with Gasteiger partial charge in [-0.3, -0.25) is 0 Å². The van der Waals surface area contributed by atoms with Crippen LogP contribution in [0.15, 0.2) is 136 Å². The lowest BCUT2D eigenvalue weighted by Gasteiger charge is -2.19. The van der Waals surface area contributed by atoms with Gasteiger partial charge in [-0.2, -0.15) is 5.10 Å². The fourth-order valence-corrected chi connectivity index (χ4v) is 6.51. The average molecular weight is 542 g/mol. The van der Waals surface area contributed by atoms with Gasteiger partial charge < -0.3 is 0 Å². The van der Waals surface area contributed by atoms with Crippen LogP contribution in [-0.2, 0) is 0 Å². The Morgan fingerprint density at radius 1 is 0.718 bits per heavy atom. The minimum atomic E-state index is 0.0696. The molecule has 4 aromatic carbocycles. The van der Waals surface area contributed by atoms with Crippen molar-refractivity contribution in [3.8, 4) is 11.3 Å². The molecular weight excluding hydrogens is 519 g/mol. The Hall–Kier alpha value is -4.46. The van der Waals surface area contributed by atoms with Gasteiger partial charge in [-0.25, -0.2) is 9.99 Å². The number of hydrogen-bond donors (Lipinski definition) is 0. The summed E-state index contributed by atoms with van der Waals surface area (Å²) in [6.07, 6.45) is 0.806. The number of fused-ring (bicyclic) bond motifs is 1. The highest BCUT2D eigenvalue weighted by Gasteiger charge is 2.33. The summed E-state index contributed by atoms with van der Waals surface area (Å²) in [5.74, 6) is 0. The Kier molecular flexibility index (Phi) is 6.28. The number of anilines is 1. The van der Waals surface area contributed by atoms with Crippen molar-refractivity contribution in [1.82, 2.24) is 4.98 Å². The van der Waals surface area contributed by atoms with E-state index in [1.165, 1.54) is 27.0 Å². The van der Waals surface area contributed by atoms with E-state index in [1.807, 2.05) is 48.5 Å². The zero-order chi connectivity index (χ0) is 26.0. The summed E-state index contributed by atoms with van der Waals surface area (Å²) < 4.78 is 0. The first-order valence-electron chi connectivity index (χ1n) is 12.7. The minimum Gasteiger partial charge on any atom is -0.230 e. The fraction of sp³-hybridized carbons (Fsp3) is 0.0625. The van der Waals surface area contributed by atoms with Gasteiger partial charge in [-0.15, -0.1) is 21.6 Å². The second-order valence-electron chi connectivity index (χ2n) is 9.24. The highest BCUT2D eigenvalue weighted by atomic mass is 32.1. The summed E-state index contributed by atoms with van der Waals surface area (Å²) >= 11 is 3.28. The molecule has 39 heavy (non-hydrogen) atoms. The monoisotopic (exact) mass is 541 g/mol. The molecule has 1 aliphatic heterocycles. The number of nitrogens with zero attached hydrogens (tertiary/aromatic N) is 5. The first-order chi connectivity index (χ1) is 19.3. The molecule has 7 heteroatoms. The number of aromatic nitrogens is 1. The molecule has 0 saturated carbocycles. The molecule has 0 fully saturated rings. The molecule has 6 aromatic rings. The Morgan fingerprint density at radius 2 is 1.49 bits per heavy atom. The lowest BCUT2D eigenvalue weighted by Crippen LogP contribution is -2.17. The number of hydrogen-bond acceptors (Lipinski definition) is 7. The Bertz CT molecular complexity index is 1790. The van der Waals surface area contributed by atoms with Crippen molar-refractivity contribution in [1.29, 1.82) is 0 Å². The number of hydrazone groups is 1. The highest BCUT2D eigenvalue weighted by Crippen LogP contribution is 2.46. The summed E-state index contributed by atoms with van der Waals surface area (Å²) in [6.45, 7) is 0. The summed E-state index contributed by atoms with van der Waals surface area (Å²) in [5, 5.41) is 22.6. The number of benzene rings is 4. The summed E-state index contributed by atoms with van der Waals surface area (Å²) in [4.78, 5) is 6.36. The molecule has 0 aliphatic carbocycles. The van der Waals surface area contributed by atoms with Crippen molar-refractivity contribution in [2.75, 3.05) is 5.01 Å². The molecule has 0 radical (unpaired) electrons. The van der Waals surface area contributed by atoms with Crippen LogP contribution >= 0.6 is 22.7 Å². The zero-order valence-corrected chi connectivity index (χ0v) is 22.5. The highest BCUT2D eigenvalue weighted by molar-refractivity contribution is 7.19.